The van der Waals surface area contributed by atoms with Crippen LogP contribution in [0.5, 0.6) is 0 Å². The van der Waals surface area contributed by atoms with E-state index < -0.39 is 0 Å². The Bertz CT molecular complexity index is 661. The van der Waals surface area contributed by atoms with Crippen LogP contribution in [0.1, 0.15) is 26.8 Å². The molecule has 2 heterocycles. The minimum atomic E-state index is 0. The van der Waals surface area contributed by atoms with Crippen molar-refractivity contribution >= 4 is 41.3 Å². The van der Waals surface area contributed by atoms with Crippen LogP contribution in [-0.4, -0.2) is 34.3 Å². The molecular formula is C15H25IN6S. The highest BCUT2D eigenvalue weighted by Crippen LogP contribution is 2.12. The highest BCUT2D eigenvalue weighted by atomic mass is 127. The Balaban J connectivity index is 0.00000264. The summed E-state index contributed by atoms with van der Waals surface area (Å²) in [5, 5.41) is 12.2. The van der Waals surface area contributed by atoms with Crippen LogP contribution < -0.4 is 10.6 Å². The number of nitrogens with one attached hydrogen (secondary N) is 2. The van der Waals surface area contributed by atoms with Gasteiger partial charge in [-0.05, 0) is 20.8 Å². The van der Waals surface area contributed by atoms with E-state index in [2.05, 4.69) is 39.6 Å². The molecule has 0 aliphatic heterocycles. The Labute approximate surface area is 158 Å². The molecule has 2 aromatic rings. The molecule has 128 valence electrons. The molecule has 0 radical (unpaired) electrons. The monoisotopic (exact) mass is 448 g/mol. The third-order valence-corrected chi connectivity index (χ3v) is 4.59. The summed E-state index contributed by atoms with van der Waals surface area (Å²) < 4.78 is 1.91. The van der Waals surface area contributed by atoms with Crippen molar-refractivity contribution in [1.82, 2.24) is 25.4 Å². The summed E-state index contributed by atoms with van der Waals surface area (Å²) in [7, 11) is 3.75. The molecule has 2 rings (SSSR count). The number of hydrogen-bond acceptors (Lipinski definition) is 4. The number of thiazole rings is 1. The predicted molar refractivity (Wildman–Crippen MR) is 107 cm³/mol. The zero-order valence-electron chi connectivity index (χ0n) is 14.3. The van der Waals surface area contributed by atoms with Crippen molar-refractivity contribution in [3.63, 3.8) is 0 Å². The van der Waals surface area contributed by atoms with Gasteiger partial charge >= 0.3 is 0 Å². The Kier molecular flexibility index (Phi) is 7.97. The summed E-state index contributed by atoms with van der Waals surface area (Å²) in [6.07, 6.45) is 2.82. The Morgan fingerprint density at radius 2 is 2.04 bits per heavy atom. The minimum absolute atomic E-state index is 0. The van der Waals surface area contributed by atoms with Gasteiger partial charge in [0.15, 0.2) is 5.96 Å². The van der Waals surface area contributed by atoms with Gasteiger partial charge < -0.3 is 10.6 Å². The molecule has 8 heteroatoms. The van der Waals surface area contributed by atoms with Gasteiger partial charge in [0.1, 0.15) is 0 Å². The van der Waals surface area contributed by atoms with Crippen molar-refractivity contribution in [2.45, 2.75) is 33.7 Å². The van der Waals surface area contributed by atoms with Gasteiger partial charge in [0.25, 0.3) is 0 Å². The second-order valence-electron chi connectivity index (χ2n) is 5.24. The highest BCUT2D eigenvalue weighted by Gasteiger charge is 2.09. The van der Waals surface area contributed by atoms with E-state index in [0.29, 0.717) is 0 Å². The fourth-order valence-electron chi connectivity index (χ4n) is 2.27. The number of halogens is 1. The maximum Gasteiger partial charge on any atom is 0.191 e. The first-order valence-corrected chi connectivity index (χ1v) is 8.17. The molecular weight excluding hydrogens is 423 g/mol. The van der Waals surface area contributed by atoms with E-state index in [-0.39, 0.29) is 24.0 Å². The molecule has 0 saturated carbocycles. The van der Waals surface area contributed by atoms with Crippen LogP contribution in [0.3, 0.4) is 0 Å². The molecule has 0 amide bonds. The van der Waals surface area contributed by atoms with Gasteiger partial charge in [-0.25, -0.2) is 4.98 Å². The van der Waals surface area contributed by atoms with E-state index in [1.54, 1.807) is 18.4 Å². The van der Waals surface area contributed by atoms with E-state index in [1.165, 1.54) is 16.1 Å². The molecule has 23 heavy (non-hydrogen) atoms. The molecule has 0 saturated heterocycles. The van der Waals surface area contributed by atoms with E-state index in [9.17, 15) is 0 Å². The summed E-state index contributed by atoms with van der Waals surface area (Å²) in [6.45, 7) is 7.73. The zero-order chi connectivity index (χ0) is 16.1. The van der Waals surface area contributed by atoms with Crippen molar-refractivity contribution in [1.29, 1.82) is 0 Å². The molecule has 0 aromatic carbocycles. The Morgan fingerprint density at radius 1 is 1.30 bits per heavy atom. The first-order chi connectivity index (χ1) is 10.5. The number of aliphatic imine (C=N–C) groups is 1. The van der Waals surface area contributed by atoms with Gasteiger partial charge in [0.2, 0.25) is 0 Å². The second kappa shape index (κ2) is 9.21. The van der Waals surface area contributed by atoms with E-state index in [0.717, 1.165) is 36.2 Å². The third kappa shape index (κ3) is 5.45. The molecule has 0 spiro atoms. The van der Waals surface area contributed by atoms with E-state index in [4.69, 9.17) is 0 Å². The lowest BCUT2D eigenvalue weighted by atomic mass is 10.2. The van der Waals surface area contributed by atoms with Gasteiger partial charge in [0.05, 0.1) is 10.7 Å². The Morgan fingerprint density at radius 3 is 2.57 bits per heavy atom. The predicted octanol–water partition coefficient (Wildman–Crippen LogP) is 2.33. The molecule has 2 N–H and O–H groups in total. The van der Waals surface area contributed by atoms with Gasteiger partial charge in [0, 0.05) is 55.9 Å². The van der Waals surface area contributed by atoms with Crippen LogP contribution in [0.2, 0.25) is 0 Å². The lowest BCUT2D eigenvalue weighted by Gasteiger charge is -2.11. The maximum atomic E-state index is 4.43. The third-order valence-electron chi connectivity index (χ3n) is 3.62. The smallest absolute Gasteiger partial charge is 0.191 e. The first-order valence-electron chi connectivity index (χ1n) is 7.36. The first kappa shape index (κ1) is 19.9. The van der Waals surface area contributed by atoms with Gasteiger partial charge in [-0.3, -0.25) is 9.67 Å². The van der Waals surface area contributed by atoms with Gasteiger partial charge in [-0.2, -0.15) is 5.10 Å². The SMILES string of the molecule is CN=C(NCCc1ncc(C)s1)NCc1c(C)nn(C)c1C.I. The average Bonchev–Trinajstić information content (AvgIpc) is 2.99. The fraction of sp³-hybridized carbons (Fsp3) is 0.533. The molecule has 0 aliphatic rings. The van der Waals surface area contributed by atoms with Crippen LogP contribution in [0.15, 0.2) is 11.2 Å². The van der Waals surface area contributed by atoms with Crippen molar-refractivity contribution in [2.75, 3.05) is 13.6 Å². The number of rotatable bonds is 5. The number of aryl methyl sites for hydroxylation is 3. The molecule has 6 nitrogen and oxygen atoms in total. The summed E-state index contributed by atoms with van der Waals surface area (Å²) in [6, 6.07) is 0. The molecule has 0 bridgehead atoms. The fourth-order valence-corrected chi connectivity index (χ4v) is 3.06. The van der Waals surface area contributed by atoms with E-state index >= 15 is 0 Å². The number of guanidine groups is 1. The normalized spacial score (nSPS) is 11.3. The average molecular weight is 448 g/mol. The standard InChI is InChI=1S/C15H24N6S.HI/c1-10-8-18-14(22-10)6-7-17-15(16-4)19-9-13-11(2)20-21(5)12(13)3;/h8H,6-7,9H2,1-5H3,(H2,16,17,19);1H. The van der Waals surface area contributed by atoms with Crippen molar-refractivity contribution in [3.8, 4) is 0 Å². The summed E-state index contributed by atoms with van der Waals surface area (Å²) in [5.41, 5.74) is 3.46. The molecule has 0 unspecified atom stereocenters. The van der Waals surface area contributed by atoms with Crippen LogP contribution in [0.4, 0.5) is 0 Å². The highest BCUT2D eigenvalue weighted by molar-refractivity contribution is 14.0. The molecule has 0 atom stereocenters. The van der Waals surface area contributed by atoms with Crippen LogP contribution >= 0.6 is 35.3 Å². The zero-order valence-corrected chi connectivity index (χ0v) is 17.5. The molecule has 0 aliphatic carbocycles. The summed E-state index contributed by atoms with van der Waals surface area (Å²) in [5.74, 6) is 0.802. The summed E-state index contributed by atoms with van der Waals surface area (Å²) >= 11 is 1.74. The minimum Gasteiger partial charge on any atom is -0.356 e. The van der Waals surface area contributed by atoms with E-state index in [1.807, 2.05) is 24.9 Å². The topological polar surface area (TPSA) is 67.1 Å². The van der Waals surface area contributed by atoms with Gasteiger partial charge in [-0.15, -0.1) is 35.3 Å². The van der Waals surface area contributed by atoms with Crippen LogP contribution in [-0.2, 0) is 20.0 Å². The largest absolute Gasteiger partial charge is 0.356 e. The number of aromatic nitrogens is 3. The molecule has 2 aromatic heterocycles. The Hall–Kier alpha value is -1.16. The van der Waals surface area contributed by atoms with Crippen LogP contribution in [0.25, 0.3) is 0 Å². The van der Waals surface area contributed by atoms with Crippen LogP contribution in [0, 0.1) is 20.8 Å². The maximum absolute atomic E-state index is 4.43. The second-order valence-corrected chi connectivity index (χ2v) is 6.56. The molecule has 0 fully saturated rings. The summed E-state index contributed by atoms with van der Waals surface area (Å²) in [4.78, 5) is 9.87. The number of hydrogen-bond donors (Lipinski definition) is 2. The lowest BCUT2D eigenvalue weighted by Crippen LogP contribution is -2.38. The van der Waals surface area contributed by atoms with Crippen molar-refractivity contribution in [3.05, 3.63) is 33.0 Å². The van der Waals surface area contributed by atoms with Crippen molar-refractivity contribution in [2.24, 2.45) is 12.0 Å². The van der Waals surface area contributed by atoms with Crippen molar-refractivity contribution < 1.29 is 0 Å². The lowest BCUT2D eigenvalue weighted by molar-refractivity contribution is 0.728. The van der Waals surface area contributed by atoms with Gasteiger partial charge in [-0.1, -0.05) is 0 Å². The number of nitrogens with zero attached hydrogens (tertiary/aromatic N) is 4. The quantitative estimate of drug-likeness (QED) is 0.419.